The largest absolute Gasteiger partial charge is 0.355 e. The number of para-hydroxylation sites is 1. The highest BCUT2D eigenvalue weighted by molar-refractivity contribution is 5.87. The minimum absolute atomic E-state index is 0.100. The number of benzene rings is 2. The number of anilines is 1. The zero-order chi connectivity index (χ0) is 14.4. The van der Waals surface area contributed by atoms with Crippen molar-refractivity contribution in [3.63, 3.8) is 0 Å². The van der Waals surface area contributed by atoms with Gasteiger partial charge < -0.3 is 4.84 Å². The molecule has 5 heteroatoms. The summed E-state index contributed by atoms with van der Waals surface area (Å²) in [5.74, 6) is -2.12. The molecular weight excluding hydrogens is 264 g/mol. The molecule has 3 nitrogen and oxygen atoms in total. The van der Waals surface area contributed by atoms with Crippen LogP contribution in [0.4, 0.5) is 14.5 Å². The van der Waals surface area contributed by atoms with Crippen LogP contribution in [0.25, 0.3) is 6.08 Å². The standard InChI is InChI=1S/C15H11F2NO2/c16-12-8-6-11(14(17)10-12)7-9-15(19)20-18-13-4-2-1-3-5-13/h1-10,18H/b9-7+. The van der Waals surface area contributed by atoms with E-state index in [1.54, 1.807) is 24.3 Å². The summed E-state index contributed by atoms with van der Waals surface area (Å²) >= 11 is 0. The van der Waals surface area contributed by atoms with Gasteiger partial charge in [0.1, 0.15) is 11.6 Å². The molecule has 1 N–H and O–H groups in total. The van der Waals surface area contributed by atoms with Crippen LogP contribution in [0.2, 0.25) is 0 Å². The summed E-state index contributed by atoms with van der Waals surface area (Å²) in [4.78, 5) is 16.1. The first-order valence-corrected chi connectivity index (χ1v) is 5.80. The molecule has 0 saturated carbocycles. The van der Waals surface area contributed by atoms with Crippen LogP contribution in [0.3, 0.4) is 0 Å². The summed E-state index contributed by atoms with van der Waals surface area (Å²) < 4.78 is 26.0. The predicted molar refractivity (Wildman–Crippen MR) is 71.5 cm³/mol. The van der Waals surface area contributed by atoms with Crippen LogP contribution in [-0.4, -0.2) is 5.97 Å². The van der Waals surface area contributed by atoms with Gasteiger partial charge in [-0.05, 0) is 30.3 Å². The van der Waals surface area contributed by atoms with Crippen LogP contribution in [0.1, 0.15) is 5.56 Å². The van der Waals surface area contributed by atoms with E-state index in [0.29, 0.717) is 5.69 Å². The highest BCUT2D eigenvalue weighted by Crippen LogP contribution is 2.11. The van der Waals surface area contributed by atoms with Gasteiger partial charge in [0.05, 0.1) is 5.69 Å². The second-order valence-electron chi connectivity index (χ2n) is 3.89. The topological polar surface area (TPSA) is 38.3 Å². The lowest BCUT2D eigenvalue weighted by atomic mass is 10.2. The van der Waals surface area contributed by atoms with Gasteiger partial charge in [-0.1, -0.05) is 18.2 Å². The van der Waals surface area contributed by atoms with Gasteiger partial charge in [0.25, 0.3) is 0 Å². The maximum atomic E-state index is 13.3. The van der Waals surface area contributed by atoms with Crippen molar-refractivity contribution in [1.29, 1.82) is 0 Å². The van der Waals surface area contributed by atoms with E-state index < -0.39 is 17.6 Å². The Morgan fingerprint density at radius 2 is 1.85 bits per heavy atom. The van der Waals surface area contributed by atoms with Crippen molar-refractivity contribution >= 4 is 17.7 Å². The lowest BCUT2D eigenvalue weighted by Crippen LogP contribution is -2.07. The molecule has 0 aliphatic rings. The molecule has 2 aromatic rings. The Balaban J connectivity index is 1.92. The number of rotatable bonds is 4. The van der Waals surface area contributed by atoms with Gasteiger partial charge in [-0.3, -0.25) is 0 Å². The van der Waals surface area contributed by atoms with Crippen LogP contribution >= 0.6 is 0 Å². The van der Waals surface area contributed by atoms with Crippen molar-refractivity contribution < 1.29 is 18.4 Å². The number of nitrogens with one attached hydrogen (secondary N) is 1. The molecule has 20 heavy (non-hydrogen) atoms. The first-order chi connectivity index (χ1) is 9.65. The first-order valence-electron chi connectivity index (χ1n) is 5.80. The fraction of sp³-hybridized carbons (Fsp3) is 0. The summed E-state index contributed by atoms with van der Waals surface area (Å²) in [6.45, 7) is 0. The van der Waals surface area contributed by atoms with E-state index in [9.17, 15) is 13.6 Å². The first kappa shape index (κ1) is 13.7. The molecule has 0 aromatic heterocycles. The van der Waals surface area contributed by atoms with Gasteiger partial charge in [-0.2, -0.15) is 0 Å². The molecule has 0 unspecified atom stereocenters. The van der Waals surface area contributed by atoms with Crippen molar-refractivity contribution in [2.24, 2.45) is 0 Å². The third kappa shape index (κ3) is 3.91. The highest BCUT2D eigenvalue weighted by Gasteiger charge is 2.02. The van der Waals surface area contributed by atoms with Crippen molar-refractivity contribution in [3.8, 4) is 0 Å². The van der Waals surface area contributed by atoms with Crippen LogP contribution < -0.4 is 5.48 Å². The van der Waals surface area contributed by atoms with E-state index in [0.717, 1.165) is 18.2 Å². The Bertz CT molecular complexity index is 627. The maximum absolute atomic E-state index is 13.3. The summed E-state index contributed by atoms with van der Waals surface area (Å²) in [5, 5.41) is 0. The van der Waals surface area contributed by atoms with Gasteiger partial charge >= 0.3 is 5.97 Å². The molecule has 0 fully saturated rings. The summed E-state index contributed by atoms with van der Waals surface area (Å²) in [7, 11) is 0. The third-order valence-electron chi connectivity index (χ3n) is 2.40. The molecule has 0 aliphatic carbocycles. The second kappa shape index (κ2) is 6.47. The zero-order valence-corrected chi connectivity index (χ0v) is 10.3. The molecule has 0 atom stereocenters. The van der Waals surface area contributed by atoms with Crippen molar-refractivity contribution in [3.05, 3.63) is 71.8 Å². The molecule has 0 spiro atoms. The number of halogens is 2. The lowest BCUT2D eigenvalue weighted by molar-refractivity contribution is -0.134. The number of carbonyl (C=O) groups is 1. The van der Waals surface area contributed by atoms with Crippen molar-refractivity contribution in [1.82, 2.24) is 0 Å². The van der Waals surface area contributed by atoms with Crippen molar-refractivity contribution in [2.75, 3.05) is 5.48 Å². The summed E-state index contributed by atoms with van der Waals surface area (Å²) in [5.41, 5.74) is 3.16. The Labute approximate surface area is 114 Å². The normalized spacial score (nSPS) is 10.5. The number of carbonyl (C=O) groups excluding carboxylic acids is 1. The third-order valence-corrected chi connectivity index (χ3v) is 2.40. The summed E-state index contributed by atoms with van der Waals surface area (Å²) in [6, 6.07) is 11.9. The van der Waals surface area contributed by atoms with E-state index >= 15 is 0 Å². The van der Waals surface area contributed by atoms with Crippen LogP contribution in [0.15, 0.2) is 54.6 Å². The molecule has 102 valence electrons. The van der Waals surface area contributed by atoms with E-state index in [4.69, 9.17) is 4.84 Å². The SMILES string of the molecule is O=C(/C=C/c1ccc(F)cc1F)ONc1ccccc1. The van der Waals surface area contributed by atoms with E-state index in [1.165, 1.54) is 12.1 Å². The van der Waals surface area contributed by atoms with Crippen LogP contribution in [0.5, 0.6) is 0 Å². The minimum atomic E-state index is -0.745. The zero-order valence-electron chi connectivity index (χ0n) is 10.3. The average Bonchev–Trinajstić information content (AvgIpc) is 2.45. The Morgan fingerprint density at radius 1 is 1.10 bits per heavy atom. The Hall–Kier alpha value is -2.69. The molecule has 0 aliphatic heterocycles. The predicted octanol–water partition coefficient (Wildman–Crippen LogP) is 3.55. The number of hydrogen-bond acceptors (Lipinski definition) is 3. The Morgan fingerprint density at radius 3 is 2.55 bits per heavy atom. The van der Waals surface area contributed by atoms with E-state index in [1.807, 2.05) is 6.07 Å². The fourth-order valence-electron chi connectivity index (χ4n) is 1.44. The molecule has 0 heterocycles. The molecule has 0 saturated heterocycles. The second-order valence-corrected chi connectivity index (χ2v) is 3.89. The lowest BCUT2D eigenvalue weighted by Gasteiger charge is -2.03. The average molecular weight is 275 g/mol. The van der Waals surface area contributed by atoms with Crippen molar-refractivity contribution in [2.45, 2.75) is 0 Å². The molecule has 2 rings (SSSR count). The quantitative estimate of drug-likeness (QED) is 0.685. The van der Waals surface area contributed by atoms with Gasteiger partial charge in [-0.15, -0.1) is 0 Å². The molecular formula is C15H11F2NO2. The molecule has 0 radical (unpaired) electrons. The van der Waals surface area contributed by atoms with Gasteiger partial charge in [0.2, 0.25) is 0 Å². The highest BCUT2D eigenvalue weighted by atomic mass is 19.1. The van der Waals surface area contributed by atoms with Crippen LogP contribution in [-0.2, 0) is 9.63 Å². The Kier molecular flexibility index (Phi) is 4.44. The van der Waals surface area contributed by atoms with Gasteiger partial charge in [0, 0.05) is 17.7 Å². The fourth-order valence-corrected chi connectivity index (χ4v) is 1.44. The molecule has 2 aromatic carbocycles. The van der Waals surface area contributed by atoms with Crippen LogP contribution in [0, 0.1) is 11.6 Å². The smallest absolute Gasteiger partial charge is 0.339 e. The van der Waals surface area contributed by atoms with E-state index in [2.05, 4.69) is 5.48 Å². The summed E-state index contributed by atoms with van der Waals surface area (Å²) in [6.07, 6.45) is 2.26. The molecule has 0 amide bonds. The minimum Gasteiger partial charge on any atom is -0.339 e. The van der Waals surface area contributed by atoms with Gasteiger partial charge in [0.15, 0.2) is 0 Å². The monoisotopic (exact) mass is 275 g/mol. The van der Waals surface area contributed by atoms with E-state index in [-0.39, 0.29) is 5.56 Å². The maximum Gasteiger partial charge on any atom is 0.355 e. The van der Waals surface area contributed by atoms with Gasteiger partial charge in [-0.25, -0.2) is 19.1 Å². The number of hydrogen-bond donors (Lipinski definition) is 1. The molecule has 0 bridgehead atoms.